The van der Waals surface area contributed by atoms with Crippen molar-refractivity contribution in [3.8, 4) is 5.75 Å². The van der Waals surface area contributed by atoms with Gasteiger partial charge in [-0.05, 0) is 30.3 Å². The monoisotopic (exact) mass is 245 g/mol. The average Bonchev–Trinajstić information content (AvgIpc) is 2.88. The number of nitrogens with one attached hydrogen (secondary N) is 1. The van der Waals surface area contributed by atoms with Crippen molar-refractivity contribution in [1.29, 1.82) is 0 Å². The van der Waals surface area contributed by atoms with Crippen LogP contribution in [0.4, 0.5) is 0 Å². The SMILES string of the molecule is COc1ccc(C(=O)c2c[nH]c(C(=O)O)c2)cc1. The fourth-order valence-corrected chi connectivity index (χ4v) is 1.56. The van der Waals surface area contributed by atoms with Crippen LogP contribution in [0.3, 0.4) is 0 Å². The molecular weight excluding hydrogens is 234 g/mol. The summed E-state index contributed by atoms with van der Waals surface area (Å²) >= 11 is 0. The van der Waals surface area contributed by atoms with E-state index in [0.717, 1.165) is 0 Å². The van der Waals surface area contributed by atoms with Gasteiger partial charge in [-0.1, -0.05) is 0 Å². The highest BCUT2D eigenvalue weighted by Crippen LogP contribution is 2.15. The molecule has 0 amide bonds. The van der Waals surface area contributed by atoms with E-state index in [1.807, 2.05) is 0 Å². The molecule has 0 aliphatic heterocycles. The summed E-state index contributed by atoms with van der Waals surface area (Å²) < 4.78 is 5.00. The highest BCUT2D eigenvalue weighted by molar-refractivity contribution is 6.09. The highest BCUT2D eigenvalue weighted by Gasteiger charge is 2.13. The van der Waals surface area contributed by atoms with E-state index in [2.05, 4.69) is 4.98 Å². The predicted molar refractivity (Wildman–Crippen MR) is 64.2 cm³/mol. The van der Waals surface area contributed by atoms with Gasteiger partial charge in [0.05, 0.1) is 7.11 Å². The molecule has 5 heteroatoms. The fourth-order valence-electron chi connectivity index (χ4n) is 1.56. The van der Waals surface area contributed by atoms with Gasteiger partial charge in [-0.2, -0.15) is 0 Å². The zero-order valence-electron chi connectivity index (χ0n) is 9.64. The molecule has 0 aliphatic rings. The number of carbonyl (C=O) groups excluding carboxylic acids is 1. The minimum Gasteiger partial charge on any atom is -0.497 e. The van der Waals surface area contributed by atoms with E-state index >= 15 is 0 Å². The van der Waals surface area contributed by atoms with E-state index in [4.69, 9.17) is 9.84 Å². The summed E-state index contributed by atoms with van der Waals surface area (Å²) in [6.07, 6.45) is 1.38. The number of carbonyl (C=O) groups is 2. The number of benzene rings is 1. The Bertz CT molecular complexity index is 583. The molecule has 18 heavy (non-hydrogen) atoms. The molecule has 1 aromatic carbocycles. The minimum absolute atomic E-state index is 0.00754. The highest BCUT2D eigenvalue weighted by atomic mass is 16.5. The summed E-state index contributed by atoms with van der Waals surface area (Å²) in [5.74, 6) is -0.669. The molecule has 5 nitrogen and oxygen atoms in total. The van der Waals surface area contributed by atoms with Gasteiger partial charge in [0.25, 0.3) is 0 Å². The van der Waals surface area contributed by atoms with Gasteiger partial charge in [0, 0.05) is 17.3 Å². The van der Waals surface area contributed by atoms with E-state index in [9.17, 15) is 9.59 Å². The first-order valence-corrected chi connectivity index (χ1v) is 5.22. The van der Waals surface area contributed by atoms with Gasteiger partial charge in [-0.15, -0.1) is 0 Å². The Balaban J connectivity index is 2.26. The van der Waals surface area contributed by atoms with Crippen molar-refractivity contribution in [2.24, 2.45) is 0 Å². The fraction of sp³-hybridized carbons (Fsp3) is 0.0769. The number of carboxylic acid groups (broad SMARTS) is 1. The van der Waals surface area contributed by atoms with E-state index in [1.165, 1.54) is 12.3 Å². The van der Waals surface area contributed by atoms with Crippen molar-refractivity contribution in [3.05, 3.63) is 53.3 Å². The third-order valence-corrected chi connectivity index (χ3v) is 2.53. The molecule has 0 fully saturated rings. The second kappa shape index (κ2) is 4.75. The molecule has 2 rings (SSSR count). The van der Waals surface area contributed by atoms with Gasteiger partial charge < -0.3 is 14.8 Å². The first-order valence-electron chi connectivity index (χ1n) is 5.22. The Morgan fingerprint density at radius 2 is 1.83 bits per heavy atom. The van der Waals surface area contributed by atoms with Crippen LogP contribution in [0.1, 0.15) is 26.4 Å². The van der Waals surface area contributed by atoms with E-state index in [-0.39, 0.29) is 11.5 Å². The molecule has 0 unspecified atom stereocenters. The summed E-state index contributed by atoms with van der Waals surface area (Å²) in [6, 6.07) is 7.94. The normalized spacial score (nSPS) is 10.1. The van der Waals surface area contributed by atoms with Crippen LogP contribution in [0.15, 0.2) is 36.5 Å². The Labute approximate surface area is 103 Å². The maximum Gasteiger partial charge on any atom is 0.352 e. The van der Waals surface area contributed by atoms with Crippen molar-refractivity contribution in [2.45, 2.75) is 0 Å². The van der Waals surface area contributed by atoms with Gasteiger partial charge in [-0.3, -0.25) is 4.79 Å². The molecule has 0 bridgehead atoms. The number of aromatic nitrogens is 1. The number of methoxy groups -OCH3 is 1. The average molecular weight is 245 g/mol. The summed E-state index contributed by atoms with van der Waals surface area (Å²) in [6.45, 7) is 0. The number of aromatic carboxylic acids is 1. The van der Waals surface area contributed by atoms with Gasteiger partial charge in [-0.25, -0.2) is 4.79 Å². The number of aromatic amines is 1. The van der Waals surface area contributed by atoms with Crippen LogP contribution in [0.5, 0.6) is 5.75 Å². The Morgan fingerprint density at radius 1 is 1.17 bits per heavy atom. The maximum atomic E-state index is 12.0. The number of H-pyrrole nitrogens is 1. The number of ketones is 1. The number of hydrogen-bond acceptors (Lipinski definition) is 3. The first kappa shape index (κ1) is 11.9. The topological polar surface area (TPSA) is 79.4 Å². The van der Waals surface area contributed by atoms with Gasteiger partial charge in [0.15, 0.2) is 5.78 Å². The van der Waals surface area contributed by atoms with Crippen molar-refractivity contribution in [2.75, 3.05) is 7.11 Å². The molecule has 2 aromatic rings. The standard InChI is InChI=1S/C13H11NO4/c1-18-10-4-2-8(3-5-10)12(15)9-6-11(13(16)17)14-7-9/h2-7,14H,1H3,(H,16,17). The van der Waals surface area contributed by atoms with Gasteiger partial charge >= 0.3 is 5.97 Å². The Kier molecular flexibility index (Phi) is 3.14. The molecule has 2 N–H and O–H groups in total. The van der Waals surface area contributed by atoms with Gasteiger partial charge in [0.1, 0.15) is 11.4 Å². The smallest absolute Gasteiger partial charge is 0.352 e. The van der Waals surface area contributed by atoms with Crippen LogP contribution in [0, 0.1) is 0 Å². The zero-order chi connectivity index (χ0) is 13.1. The molecule has 0 atom stereocenters. The molecule has 1 heterocycles. The quantitative estimate of drug-likeness (QED) is 0.807. The van der Waals surface area contributed by atoms with Crippen molar-refractivity contribution < 1.29 is 19.4 Å². The zero-order valence-corrected chi connectivity index (χ0v) is 9.64. The molecule has 0 aliphatic carbocycles. The lowest BCUT2D eigenvalue weighted by molar-refractivity contribution is 0.0691. The number of ether oxygens (including phenoxy) is 1. The third kappa shape index (κ3) is 2.24. The minimum atomic E-state index is -1.09. The second-order valence-corrected chi connectivity index (χ2v) is 3.66. The Hall–Kier alpha value is -2.56. The first-order chi connectivity index (χ1) is 8.61. The van der Waals surface area contributed by atoms with Crippen LogP contribution < -0.4 is 4.74 Å². The summed E-state index contributed by atoms with van der Waals surface area (Å²) in [7, 11) is 1.54. The summed E-state index contributed by atoms with van der Waals surface area (Å²) in [5.41, 5.74) is 0.788. The van der Waals surface area contributed by atoms with E-state index in [1.54, 1.807) is 31.4 Å². The van der Waals surface area contributed by atoms with Crippen molar-refractivity contribution >= 4 is 11.8 Å². The van der Waals surface area contributed by atoms with E-state index in [0.29, 0.717) is 16.9 Å². The molecule has 1 aromatic heterocycles. The lowest BCUT2D eigenvalue weighted by atomic mass is 10.1. The molecular formula is C13H11NO4. The van der Waals surface area contributed by atoms with Gasteiger partial charge in [0.2, 0.25) is 0 Å². The summed E-state index contributed by atoms with van der Waals surface area (Å²) in [4.78, 5) is 25.3. The van der Waals surface area contributed by atoms with Crippen LogP contribution in [0.25, 0.3) is 0 Å². The molecule has 0 spiro atoms. The molecule has 92 valence electrons. The maximum absolute atomic E-state index is 12.0. The van der Waals surface area contributed by atoms with Crippen LogP contribution in [-0.4, -0.2) is 29.0 Å². The lowest BCUT2D eigenvalue weighted by Crippen LogP contribution is -2.00. The second-order valence-electron chi connectivity index (χ2n) is 3.66. The van der Waals surface area contributed by atoms with Crippen LogP contribution in [-0.2, 0) is 0 Å². The van der Waals surface area contributed by atoms with E-state index < -0.39 is 5.97 Å². The summed E-state index contributed by atoms with van der Waals surface area (Å²) in [5, 5.41) is 8.76. The molecule has 0 saturated heterocycles. The molecule has 0 saturated carbocycles. The number of rotatable bonds is 4. The van der Waals surface area contributed by atoms with Crippen molar-refractivity contribution in [1.82, 2.24) is 4.98 Å². The van der Waals surface area contributed by atoms with Crippen LogP contribution in [0.2, 0.25) is 0 Å². The largest absolute Gasteiger partial charge is 0.497 e. The lowest BCUT2D eigenvalue weighted by Gasteiger charge is -2.01. The third-order valence-electron chi connectivity index (χ3n) is 2.53. The van der Waals surface area contributed by atoms with Crippen molar-refractivity contribution in [3.63, 3.8) is 0 Å². The number of carboxylic acids is 1. The Morgan fingerprint density at radius 3 is 2.33 bits per heavy atom. The number of hydrogen-bond donors (Lipinski definition) is 2. The van der Waals surface area contributed by atoms with Crippen LogP contribution >= 0.6 is 0 Å². The molecule has 0 radical (unpaired) electrons. The predicted octanol–water partition coefficient (Wildman–Crippen LogP) is 1.95.